The highest BCUT2D eigenvalue weighted by Gasteiger charge is 2.09. The summed E-state index contributed by atoms with van der Waals surface area (Å²) < 4.78 is 1.80. The number of carbonyl (C=O) groups is 1. The van der Waals surface area contributed by atoms with Crippen molar-refractivity contribution in [3.8, 4) is 0 Å². The Morgan fingerprint density at radius 1 is 1.37 bits per heavy atom. The minimum absolute atomic E-state index is 0.00940. The zero-order chi connectivity index (χ0) is 13.7. The summed E-state index contributed by atoms with van der Waals surface area (Å²) in [7, 11) is 0. The molecule has 0 aliphatic rings. The fraction of sp³-hybridized carbons (Fsp3) is 0.400. The van der Waals surface area contributed by atoms with Crippen molar-refractivity contribution in [2.75, 3.05) is 6.54 Å². The van der Waals surface area contributed by atoms with E-state index in [-0.39, 0.29) is 6.54 Å². The second-order valence-corrected chi connectivity index (χ2v) is 4.72. The molecule has 0 bridgehead atoms. The normalized spacial score (nSPS) is 11.0. The molecule has 2 N–H and O–H groups in total. The number of unbranched alkanes of at least 4 members (excludes halogenated alkanes) is 1. The number of rotatable bonds is 7. The van der Waals surface area contributed by atoms with E-state index in [0.29, 0.717) is 0 Å². The van der Waals surface area contributed by atoms with Crippen LogP contribution in [0.2, 0.25) is 0 Å². The number of aliphatic carboxylic acids is 1. The summed E-state index contributed by atoms with van der Waals surface area (Å²) in [4.78, 5) is 10.9. The van der Waals surface area contributed by atoms with E-state index >= 15 is 0 Å². The summed E-state index contributed by atoms with van der Waals surface area (Å²) in [5.41, 5.74) is 2.14. The van der Waals surface area contributed by atoms with Gasteiger partial charge in [0.2, 0.25) is 0 Å². The molecule has 102 valence electrons. The Balaban J connectivity index is 2.20. The van der Waals surface area contributed by atoms with Gasteiger partial charge in [0.05, 0.1) is 0 Å². The van der Waals surface area contributed by atoms with Crippen molar-refractivity contribution in [1.29, 1.82) is 0 Å². The molecule has 0 amide bonds. The van der Waals surface area contributed by atoms with Gasteiger partial charge in [-0.05, 0) is 24.6 Å². The molecule has 0 spiro atoms. The molecular weight excluding hydrogens is 240 g/mol. The van der Waals surface area contributed by atoms with Crippen LogP contribution in [0, 0.1) is 0 Å². The van der Waals surface area contributed by atoms with Crippen LogP contribution in [0.15, 0.2) is 30.5 Å². The van der Waals surface area contributed by atoms with Gasteiger partial charge in [-0.3, -0.25) is 4.79 Å². The third-order valence-electron chi connectivity index (χ3n) is 3.20. The van der Waals surface area contributed by atoms with Crippen LogP contribution in [0.4, 0.5) is 0 Å². The molecule has 1 aromatic heterocycles. The summed E-state index contributed by atoms with van der Waals surface area (Å²) in [5.74, 6) is -0.814. The van der Waals surface area contributed by atoms with E-state index in [1.54, 1.807) is 4.57 Å². The topological polar surface area (TPSA) is 54.3 Å². The van der Waals surface area contributed by atoms with Gasteiger partial charge >= 0.3 is 5.97 Å². The number of hydrogen-bond acceptors (Lipinski definition) is 2. The molecular formula is C15H20N2O2. The van der Waals surface area contributed by atoms with Gasteiger partial charge in [-0.2, -0.15) is 0 Å². The maximum absolute atomic E-state index is 10.9. The second kappa shape index (κ2) is 6.38. The van der Waals surface area contributed by atoms with Gasteiger partial charge in [0.25, 0.3) is 0 Å². The number of carboxylic acids is 1. The van der Waals surface area contributed by atoms with Crippen LogP contribution in [-0.4, -0.2) is 22.2 Å². The Kier molecular flexibility index (Phi) is 4.58. The molecule has 0 saturated carbocycles. The highest BCUT2D eigenvalue weighted by atomic mass is 16.4. The van der Waals surface area contributed by atoms with Crippen molar-refractivity contribution in [3.05, 3.63) is 36.0 Å². The fourth-order valence-corrected chi connectivity index (χ4v) is 2.27. The van der Waals surface area contributed by atoms with Crippen LogP contribution in [-0.2, 0) is 17.9 Å². The Labute approximate surface area is 113 Å². The monoisotopic (exact) mass is 260 g/mol. The van der Waals surface area contributed by atoms with Gasteiger partial charge in [-0.25, -0.2) is 0 Å². The van der Waals surface area contributed by atoms with E-state index in [0.717, 1.165) is 36.0 Å². The van der Waals surface area contributed by atoms with Crippen molar-refractivity contribution < 1.29 is 9.90 Å². The Morgan fingerprint density at radius 2 is 2.16 bits per heavy atom. The molecule has 4 nitrogen and oxygen atoms in total. The number of para-hydroxylation sites is 1. The Morgan fingerprint density at radius 3 is 2.89 bits per heavy atom. The predicted octanol–water partition coefficient (Wildman–Crippen LogP) is 2.62. The average Bonchev–Trinajstić information content (AvgIpc) is 2.73. The Bertz CT molecular complexity index is 560. The zero-order valence-electron chi connectivity index (χ0n) is 11.2. The van der Waals surface area contributed by atoms with E-state index in [4.69, 9.17) is 5.11 Å². The fourth-order valence-electron chi connectivity index (χ4n) is 2.27. The first-order chi connectivity index (χ1) is 9.22. The minimum Gasteiger partial charge on any atom is -0.480 e. The molecule has 0 unspecified atom stereocenters. The molecule has 0 saturated heterocycles. The Hall–Kier alpha value is -1.81. The van der Waals surface area contributed by atoms with Crippen molar-refractivity contribution in [2.24, 2.45) is 0 Å². The quantitative estimate of drug-likeness (QED) is 0.752. The molecule has 0 aliphatic heterocycles. The van der Waals surface area contributed by atoms with Crippen LogP contribution < -0.4 is 5.32 Å². The third kappa shape index (κ3) is 3.35. The molecule has 0 aliphatic carbocycles. The molecule has 4 heteroatoms. The van der Waals surface area contributed by atoms with Crippen LogP contribution in [0.1, 0.15) is 25.3 Å². The largest absolute Gasteiger partial charge is 0.480 e. The minimum atomic E-state index is -0.814. The second-order valence-electron chi connectivity index (χ2n) is 4.72. The number of fused-ring (bicyclic) bond motifs is 1. The highest BCUT2D eigenvalue weighted by molar-refractivity contribution is 5.85. The number of benzene rings is 1. The lowest BCUT2D eigenvalue weighted by Gasteiger charge is -2.02. The molecule has 1 aromatic carbocycles. The lowest BCUT2D eigenvalue weighted by molar-refractivity contribution is -0.137. The van der Waals surface area contributed by atoms with Crippen molar-refractivity contribution >= 4 is 16.9 Å². The molecule has 2 aromatic rings. The van der Waals surface area contributed by atoms with Gasteiger partial charge in [0.15, 0.2) is 0 Å². The number of aromatic nitrogens is 1. The summed E-state index contributed by atoms with van der Waals surface area (Å²) in [5, 5.41) is 13.5. The smallest absolute Gasteiger partial charge is 0.323 e. The van der Waals surface area contributed by atoms with Gasteiger partial charge in [-0.15, -0.1) is 0 Å². The first-order valence-corrected chi connectivity index (χ1v) is 6.71. The van der Waals surface area contributed by atoms with E-state index in [9.17, 15) is 4.79 Å². The summed E-state index contributed by atoms with van der Waals surface area (Å²) in [6, 6.07) is 7.94. The molecule has 0 fully saturated rings. The van der Waals surface area contributed by atoms with E-state index in [2.05, 4.69) is 12.2 Å². The molecule has 0 atom stereocenters. The standard InChI is InChI=1S/C15H20N2O2/c1-2-3-8-16-9-12-10-17(11-15(18)19)14-7-5-4-6-13(12)14/h4-7,10,16H,2-3,8-9,11H2,1H3,(H,18,19). The summed E-state index contributed by atoms with van der Waals surface area (Å²) in [6.45, 7) is 3.96. The lowest BCUT2D eigenvalue weighted by atomic mass is 10.2. The number of nitrogens with zero attached hydrogens (tertiary/aromatic N) is 1. The number of carboxylic acid groups (broad SMARTS) is 1. The maximum Gasteiger partial charge on any atom is 0.323 e. The van der Waals surface area contributed by atoms with Crippen LogP contribution in [0.25, 0.3) is 10.9 Å². The van der Waals surface area contributed by atoms with E-state index < -0.39 is 5.97 Å². The van der Waals surface area contributed by atoms with Crippen molar-refractivity contribution in [2.45, 2.75) is 32.9 Å². The van der Waals surface area contributed by atoms with E-state index in [1.807, 2.05) is 30.5 Å². The average molecular weight is 260 g/mol. The lowest BCUT2D eigenvalue weighted by Crippen LogP contribution is -2.14. The van der Waals surface area contributed by atoms with Gasteiger partial charge < -0.3 is 15.0 Å². The number of hydrogen-bond donors (Lipinski definition) is 2. The van der Waals surface area contributed by atoms with Crippen molar-refractivity contribution in [3.63, 3.8) is 0 Å². The highest BCUT2D eigenvalue weighted by Crippen LogP contribution is 2.21. The van der Waals surface area contributed by atoms with E-state index in [1.165, 1.54) is 6.42 Å². The van der Waals surface area contributed by atoms with Crippen LogP contribution in [0.5, 0.6) is 0 Å². The molecule has 19 heavy (non-hydrogen) atoms. The molecule has 1 heterocycles. The van der Waals surface area contributed by atoms with Crippen LogP contribution in [0.3, 0.4) is 0 Å². The third-order valence-corrected chi connectivity index (χ3v) is 3.20. The first-order valence-electron chi connectivity index (χ1n) is 6.71. The van der Waals surface area contributed by atoms with Crippen molar-refractivity contribution in [1.82, 2.24) is 9.88 Å². The van der Waals surface area contributed by atoms with Gasteiger partial charge in [0.1, 0.15) is 6.54 Å². The summed E-state index contributed by atoms with van der Waals surface area (Å²) in [6.07, 6.45) is 4.28. The summed E-state index contributed by atoms with van der Waals surface area (Å²) >= 11 is 0. The van der Waals surface area contributed by atoms with Gasteiger partial charge in [-0.1, -0.05) is 31.5 Å². The maximum atomic E-state index is 10.9. The zero-order valence-corrected chi connectivity index (χ0v) is 11.2. The molecule has 2 rings (SSSR count). The predicted molar refractivity (Wildman–Crippen MR) is 76.2 cm³/mol. The molecule has 0 radical (unpaired) electrons. The number of nitrogens with one attached hydrogen (secondary N) is 1. The first kappa shape index (κ1) is 13.6. The SMILES string of the molecule is CCCCNCc1cn(CC(=O)O)c2ccccc12. The van der Waals surface area contributed by atoms with Crippen LogP contribution >= 0.6 is 0 Å². The van der Waals surface area contributed by atoms with Gasteiger partial charge in [0, 0.05) is 23.6 Å².